The van der Waals surface area contributed by atoms with Crippen molar-refractivity contribution in [3.63, 3.8) is 0 Å². The van der Waals surface area contributed by atoms with Crippen LogP contribution in [0.1, 0.15) is 31.1 Å². The van der Waals surface area contributed by atoms with Gasteiger partial charge in [0.05, 0.1) is 6.54 Å². The molecule has 0 saturated heterocycles. The fraction of sp³-hybridized carbons (Fsp3) is 0.727. The van der Waals surface area contributed by atoms with Crippen LogP contribution < -0.4 is 11.1 Å². The second-order valence-corrected chi connectivity index (χ2v) is 4.65. The lowest BCUT2D eigenvalue weighted by molar-refractivity contribution is -0.117. The van der Waals surface area contributed by atoms with Gasteiger partial charge in [-0.2, -0.15) is 0 Å². The van der Waals surface area contributed by atoms with Crippen molar-refractivity contribution >= 4 is 11.9 Å². The minimum atomic E-state index is -0.152. The number of carbonyl (C=O) groups is 1. The Bertz CT molecular complexity index is 402. The molecule has 100 valence electrons. The summed E-state index contributed by atoms with van der Waals surface area (Å²) in [6.07, 6.45) is 3.06. The Hall–Kier alpha value is -1.47. The summed E-state index contributed by atoms with van der Waals surface area (Å²) in [6, 6.07) is 0.189. The van der Waals surface area contributed by atoms with Gasteiger partial charge in [-0.15, -0.1) is 5.10 Å². The molecule has 7 heteroatoms. The van der Waals surface area contributed by atoms with Crippen LogP contribution in [-0.4, -0.2) is 47.7 Å². The molecule has 0 atom stereocenters. The molecule has 1 aromatic heterocycles. The minimum absolute atomic E-state index is 0.152. The fourth-order valence-electron chi connectivity index (χ4n) is 1.62. The van der Waals surface area contributed by atoms with E-state index in [0.29, 0.717) is 24.9 Å². The summed E-state index contributed by atoms with van der Waals surface area (Å²) >= 11 is 0. The van der Waals surface area contributed by atoms with Gasteiger partial charge in [0, 0.05) is 5.92 Å². The van der Waals surface area contributed by atoms with Gasteiger partial charge in [0.15, 0.2) is 0 Å². The molecule has 18 heavy (non-hydrogen) atoms. The van der Waals surface area contributed by atoms with Crippen molar-refractivity contribution in [1.82, 2.24) is 15.1 Å². The van der Waals surface area contributed by atoms with Gasteiger partial charge in [-0.1, -0.05) is 5.10 Å². The molecule has 1 aromatic rings. The molecule has 2 rings (SSSR count). The molecule has 1 saturated carbocycles. The van der Waals surface area contributed by atoms with E-state index < -0.39 is 0 Å². The number of likely N-dealkylation sites (N-methyl/N-ethyl adjacent to an activating group) is 1. The van der Waals surface area contributed by atoms with Crippen LogP contribution in [0.2, 0.25) is 0 Å². The van der Waals surface area contributed by atoms with Crippen LogP contribution in [0.5, 0.6) is 0 Å². The largest absolute Gasteiger partial charge is 0.408 e. The number of nitrogens with two attached hydrogens (primary N) is 1. The summed E-state index contributed by atoms with van der Waals surface area (Å²) in [5, 5.41) is 10.3. The van der Waals surface area contributed by atoms with Gasteiger partial charge in [0.2, 0.25) is 11.8 Å². The van der Waals surface area contributed by atoms with Gasteiger partial charge < -0.3 is 10.2 Å². The van der Waals surface area contributed by atoms with E-state index in [1.165, 1.54) is 0 Å². The van der Waals surface area contributed by atoms with Crippen LogP contribution >= 0.6 is 0 Å². The maximum Gasteiger partial charge on any atom is 0.322 e. The number of nitrogens with one attached hydrogen (secondary N) is 1. The molecule has 0 spiro atoms. The van der Waals surface area contributed by atoms with Crippen molar-refractivity contribution in [3.05, 3.63) is 5.89 Å². The molecule has 1 amide bonds. The smallest absolute Gasteiger partial charge is 0.322 e. The number of hydrogen-bond donors (Lipinski definition) is 2. The van der Waals surface area contributed by atoms with Crippen LogP contribution in [0.15, 0.2) is 4.42 Å². The molecule has 1 aliphatic carbocycles. The molecule has 0 aliphatic heterocycles. The first kappa shape index (κ1) is 13.0. The Labute approximate surface area is 106 Å². The average Bonchev–Trinajstić information content (AvgIpc) is 3.08. The number of anilines is 1. The summed E-state index contributed by atoms with van der Waals surface area (Å²) in [5.41, 5.74) is 5.41. The van der Waals surface area contributed by atoms with Crippen LogP contribution in [0.4, 0.5) is 6.01 Å². The Balaban J connectivity index is 1.75. The molecule has 1 aliphatic rings. The average molecular weight is 253 g/mol. The SMILES string of the molecule is CN(CCCN)CC(=O)Nc1nnc(C2CC2)o1. The third-order valence-corrected chi connectivity index (χ3v) is 2.77. The Morgan fingerprint density at radius 2 is 2.33 bits per heavy atom. The van der Waals surface area contributed by atoms with E-state index in [9.17, 15) is 4.79 Å². The first-order chi connectivity index (χ1) is 8.69. The van der Waals surface area contributed by atoms with E-state index in [2.05, 4.69) is 15.5 Å². The third kappa shape index (κ3) is 3.78. The summed E-state index contributed by atoms with van der Waals surface area (Å²) in [6.45, 7) is 1.71. The highest BCUT2D eigenvalue weighted by Gasteiger charge is 2.29. The lowest BCUT2D eigenvalue weighted by atomic mass is 10.4. The lowest BCUT2D eigenvalue weighted by Crippen LogP contribution is -2.31. The molecule has 0 aromatic carbocycles. The predicted octanol–water partition coefficient (Wildman–Crippen LogP) is 0.166. The number of rotatable bonds is 7. The van der Waals surface area contributed by atoms with Crippen LogP contribution in [-0.2, 0) is 4.79 Å². The van der Waals surface area contributed by atoms with Gasteiger partial charge in [-0.3, -0.25) is 15.0 Å². The maximum atomic E-state index is 11.7. The van der Waals surface area contributed by atoms with Crippen molar-refractivity contribution in [2.45, 2.75) is 25.2 Å². The number of hydrogen-bond acceptors (Lipinski definition) is 6. The Morgan fingerprint density at radius 1 is 1.56 bits per heavy atom. The van der Waals surface area contributed by atoms with E-state index in [-0.39, 0.29) is 11.9 Å². The summed E-state index contributed by atoms with van der Waals surface area (Å²) in [5.74, 6) is 0.873. The molecule has 0 radical (unpaired) electrons. The van der Waals surface area contributed by atoms with Crippen LogP contribution in [0.3, 0.4) is 0 Å². The number of nitrogens with zero attached hydrogens (tertiary/aromatic N) is 3. The van der Waals surface area contributed by atoms with Gasteiger partial charge in [-0.25, -0.2) is 0 Å². The fourth-order valence-corrected chi connectivity index (χ4v) is 1.62. The summed E-state index contributed by atoms with van der Waals surface area (Å²) in [7, 11) is 1.87. The Kier molecular flexibility index (Phi) is 4.27. The van der Waals surface area contributed by atoms with E-state index >= 15 is 0 Å². The standard InChI is InChI=1S/C11H19N5O2/c1-16(6-2-5-12)7-9(17)13-11-15-14-10(18-11)8-3-4-8/h8H,2-7,12H2,1H3,(H,13,15,17). The summed E-state index contributed by atoms with van der Waals surface area (Å²) < 4.78 is 5.35. The zero-order valence-corrected chi connectivity index (χ0v) is 10.6. The quantitative estimate of drug-likeness (QED) is 0.718. The van der Waals surface area contributed by atoms with Crippen molar-refractivity contribution in [2.75, 3.05) is 32.0 Å². The monoisotopic (exact) mass is 253 g/mol. The van der Waals surface area contributed by atoms with Gasteiger partial charge in [0.25, 0.3) is 0 Å². The Morgan fingerprint density at radius 3 is 3.00 bits per heavy atom. The normalized spacial score (nSPS) is 15.1. The molecule has 0 unspecified atom stereocenters. The second-order valence-electron chi connectivity index (χ2n) is 4.65. The molecule has 7 nitrogen and oxygen atoms in total. The highest BCUT2D eigenvalue weighted by molar-refractivity contribution is 5.90. The van der Waals surface area contributed by atoms with Crippen LogP contribution in [0.25, 0.3) is 0 Å². The molecule has 1 heterocycles. The van der Waals surface area contributed by atoms with E-state index in [1.807, 2.05) is 11.9 Å². The molecule has 3 N–H and O–H groups in total. The zero-order valence-electron chi connectivity index (χ0n) is 10.6. The van der Waals surface area contributed by atoms with E-state index in [1.54, 1.807) is 0 Å². The van der Waals surface area contributed by atoms with Gasteiger partial charge in [0.1, 0.15) is 0 Å². The predicted molar refractivity (Wildman–Crippen MR) is 66.1 cm³/mol. The first-order valence-corrected chi connectivity index (χ1v) is 6.21. The first-order valence-electron chi connectivity index (χ1n) is 6.21. The van der Waals surface area contributed by atoms with Crippen LogP contribution in [0, 0.1) is 0 Å². The van der Waals surface area contributed by atoms with Gasteiger partial charge in [-0.05, 0) is 39.4 Å². The highest BCUT2D eigenvalue weighted by Crippen LogP contribution is 2.39. The van der Waals surface area contributed by atoms with Crippen molar-refractivity contribution < 1.29 is 9.21 Å². The lowest BCUT2D eigenvalue weighted by Gasteiger charge is -2.14. The molecular weight excluding hydrogens is 234 g/mol. The minimum Gasteiger partial charge on any atom is -0.408 e. The summed E-state index contributed by atoms with van der Waals surface area (Å²) in [4.78, 5) is 13.6. The second kappa shape index (κ2) is 5.92. The topological polar surface area (TPSA) is 97.3 Å². The van der Waals surface area contributed by atoms with Crippen molar-refractivity contribution in [3.8, 4) is 0 Å². The molecule has 1 fully saturated rings. The molecular formula is C11H19N5O2. The van der Waals surface area contributed by atoms with Gasteiger partial charge >= 0.3 is 6.01 Å². The van der Waals surface area contributed by atoms with Crippen molar-refractivity contribution in [2.24, 2.45) is 5.73 Å². The third-order valence-electron chi connectivity index (χ3n) is 2.77. The highest BCUT2D eigenvalue weighted by atomic mass is 16.4. The zero-order chi connectivity index (χ0) is 13.0. The number of aromatic nitrogens is 2. The van der Waals surface area contributed by atoms with E-state index in [0.717, 1.165) is 25.8 Å². The molecule has 0 bridgehead atoms. The number of amides is 1. The number of carbonyl (C=O) groups excluding carboxylic acids is 1. The van der Waals surface area contributed by atoms with E-state index in [4.69, 9.17) is 10.2 Å². The van der Waals surface area contributed by atoms with Crippen molar-refractivity contribution in [1.29, 1.82) is 0 Å². The maximum absolute atomic E-state index is 11.7.